The molecule has 2 fully saturated rings. The molecule has 122 valence electrons. The third kappa shape index (κ3) is 2.88. The van der Waals surface area contributed by atoms with Crippen LogP contribution >= 0.6 is 0 Å². The average Bonchev–Trinajstić information content (AvgIpc) is 3.35. The largest absolute Gasteiger partial charge is 0.459 e. The molecule has 4 rings (SSSR count). The van der Waals surface area contributed by atoms with Crippen LogP contribution in [0.15, 0.2) is 27.3 Å². The molecule has 1 unspecified atom stereocenters. The van der Waals surface area contributed by atoms with Crippen LogP contribution in [0.2, 0.25) is 0 Å². The van der Waals surface area contributed by atoms with Gasteiger partial charge in [0.25, 0.3) is 5.91 Å². The zero-order valence-electron chi connectivity index (χ0n) is 12.8. The fourth-order valence-corrected chi connectivity index (χ4v) is 3.24. The van der Waals surface area contributed by atoms with Crippen LogP contribution in [0.1, 0.15) is 53.4 Å². The van der Waals surface area contributed by atoms with E-state index in [1.807, 2.05) is 0 Å². The first-order valence-corrected chi connectivity index (χ1v) is 8.05. The highest BCUT2D eigenvalue weighted by Gasteiger charge is 2.33. The van der Waals surface area contributed by atoms with Gasteiger partial charge in [0.15, 0.2) is 11.6 Å². The normalized spacial score (nSPS) is 22.6. The van der Waals surface area contributed by atoms with Crippen LogP contribution in [0, 0.1) is 0 Å². The third-order valence-corrected chi connectivity index (χ3v) is 4.60. The van der Waals surface area contributed by atoms with Crippen LogP contribution in [0.5, 0.6) is 0 Å². The van der Waals surface area contributed by atoms with Crippen LogP contribution in [0.25, 0.3) is 0 Å². The zero-order chi connectivity index (χ0) is 15.6. The molecule has 7 nitrogen and oxygen atoms in total. The molecule has 1 amide bonds. The van der Waals surface area contributed by atoms with E-state index < -0.39 is 0 Å². The topological polar surface area (TPSA) is 81.6 Å². The van der Waals surface area contributed by atoms with Gasteiger partial charge in [-0.1, -0.05) is 5.16 Å². The molecule has 2 aliphatic rings. The molecule has 0 aromatic carbocycles. The number of rotatable bonds is 3. The van der Waals surface area contributed by atoms with Crippen molar-refractivity contribution >= 4 is 5.91 Å². The van der Waals surface area contributed by atoms with Gasteiger partial charge >= 0.3 is 0 Å². The Bertz CT molecular complexity index is 661. The summed E-state index contributed by atoms with van der Waals surface area (Å²) in [6.07, 6.45) is 4.22. The SMILES string of the molecule is O=C(c1ccco1)N1CCC(c2nc(C3CCOCC3)no2)C1. The van der Waals surface area contributed by atoms with Gasteiger partial charge in [-0.15, -0.1) is 0 Å². The number of furan rings is 1. The minimum Gasteiger partial charge on any atom is -0.459 e. The van der Waals surface area contributed by atoms with Crippen molar-refractivity contribution in [1.82, 2.24) is 15.0 Å². The second-order valence-corrected chi connectivity index (χ2v) is 6.09. The Hall–Kier alpha value is -2.15. The predicted octanol–water partition coefficient (Wildman–Crippen LogP) is 2.19. The van der Waals surface area contributed by atoms with Gasteiger partial charge in [-0.3, -0.25) is 4.79 Å². The lowest BCUT2D eigenvalue weighted by atomic mass is 10.00. The number of likely N-dealkylation sites (tertiary alicyclic amines) is 1. The highest BCUT2D eigenvalue weighted by Crippen LogP contribution is 2.30. The molecule has 2 aliphatic heterocycles. The maximum absolute atomic E-state index is 12.3. The van der Waals surface area contributed by atoms with E-state index in [0.29, 0.717) is 30.7 Å². The van der Waals surface area contributed by atoms with Gasteiger partial charge in [0.05, 0.1) is 12.2 Å². The molecule has 0 radical (unpaired) electrons. The van der Waals surface area contributed by atoms with Gasteiger partial charge in [0.1, 0.15) is 0 Å². The first-order chi connectivity index (χ1) is 11.3. The van der Waals surface area contributed by atoms with E-state index in [9.17, 15) is 4.79 Å². The third-order valence-electron chi connectivity index (χ3n) is 4.60. The molecule has 0 spiro atoms. The summed E-state index contributed by atoms with van der Waals surface area (Å²) in [6.45, 7) is 2.78. The minimum atomic E-state index is -0.0818. The lowest BCUT2D eigenvalue weighted by molar-refractivity contribution is 0.0758. The second-order valence-electron chi connectivity index (χ2n) is 6.09. The van der Waals surface area contributed by atoms with Gasteiger partial charge in [-0.2, -0.15) is 4.98 Å². The van der Waals surface area contributed by atoms with Crippen molar-refractivity contribution in [3.05, 3.63) is 35.9 Å². The van der Waals surface area contributed by atoms with Crippen LogP contribution in [-0.2, 0) is 4.74 Å². The quantitative estimate of drug-likeness (QED) is 0.863. The summed E-state index contributed by atoms with van der Waals surface area (Å²) in [5, 5.41) is 4.14. The van der Waals surface area contributed by atoms with Crippen molar-refractivity contribution in [2.75, 3.05) is 26.3 Å². The maximum Gasteiger partial charge on any atom is 0.289 e. The summed E-state index contributed by atoms with van der Waals surface area (Å²) in [6, 6.07) is 3.41. The van der Waals surface area contributed by atoms with Crippen LogP contribution < -0.4 is 0 Å². The number of hydrogen-bond donors (Lipinski definition) is 0. The molecule has 7 heteroatoms. The molecular formula is C16H19N3O4. The summed E-state index contributed by atoms with van der Waals surface area (Å²) in [5.41, 5.74) is 0. The van der Waals surface area contributed by atoms with Crippen molar-refractivity contribution in [2.24, 2.45) is 0 Å². The Labute approximate surface area is 133 Å². The zero-order valence-corrected chi connectivity index (χ0v) is 12.8. The number of amides is 1. The molecule has 1 atom stereocenters. The lowest BCUT2D eigenvalue weighted by Gasteiger charge is -2.18. The summed E-state index contributed by atoms with van der Waals surface area (Å²) in [7, 11) is 0. The van der Waals surface area contributed by atoms with Crippen molar-refractivity contribution in [3.8, 4) is 0 Å². The molecule has 23 heavy (non-hydrogen) atoms. The van der Waals surface area contributed by atoms with Gasteiger partial charge < -0.3 is 18.6 Å². The highest BCUT2D eigenvalue weighted by atomic mass is 16.5. The van der Waals surface area contributed by atoms with E-state index in [2.05, 4.69) is 10.1 Å². The first-order valence-electron chi connectivity index (χ1n) is 8.05. The monoisotopic (exact) mass is 317 g/mol. The van der Waals surface area contributed by atoms with E-state index in [-0.39, 0.29) is 11.8 Å². The van der Waals surface area contributed by atoms with E-state index in [1.165, 1.54) is 6.26 Å². The standard InChI is InChI=1S/C16H19N3O4/c20-16(13-2-1-7-22-13)19-6-3-12(10-19)15-17-14(18-23-15)11-4-8-21-9-5-11/h1-2,7,11-12H,3-6,8-10H2. The molecule has 2 aromatic heterocycles. The van der Waals surface area contributed by atoms with Crippen LogP contribution in [-0.4, -0.2) is 47.3 Å². The Kier molecular flexibility index (Phi) is 3.87. The number of ether oxygens (including phenoxy) is 1. The summed E-state index contributed by atoms with van der Waals surface area (Å²) >= 11 is 0. The van der Waals surface area contributed by atoms with Gasteiger partial charge in [0.2, 0.25) is 5.89 Å². The maximum atomic E-state index is 12.3. The minimum absolute atomic E-state index is 0.0818. The number of hydrogen-bond acceptors (Lipinski definition) is 6. The number of aromatic nitrogens is 2. The molecular weight excluding hydrogens is 298 g/mol. The highest BCUT2D eigenvalue weighted by molar-refractivity contribution is 5.91. The summed E-state index contributed by atoms with van der Waals surface area (Å²) in [4.78, 5) is 18.6. The Morgan fingerprint density at radius 2 is 2.09 bits per heavy atom. The van der Waals surface area contributed by atoms with E-state index in [0.717, 1.165) is 38.3 Å². The van der Waals surface area contributed by atoms with Crippen molar-refractivity contribution in [3.63, 3.8) is 0 Å². The smallest absolute Gasteiger partial charge is 0.289 e. The molecule has 2 aromatic rings. The van der Waals surface area contributed by atoms with E-state index in [1.54, 1.807) is 17.0 Å². The first kappa shape index (κ1) is 14.4. The molecule has 2 saturated heterocycles. The molecule has 0 aliphatic carbocycles. The Morgan fingerprint density at radius 3 is 2.87 bits per heavy atom. The van der Waals surface area contributed by atoms with Crippen molar-refractivity contribution in [2.45, 2.75) is 31.1 Å². The Balaban J connectivity index is 1.41. The van der Waals surface area contributed by atoms with Gasteiger partial charge in [-0.25, -0.2) is 0 Å². The summed E-state index contributed by atoms with van der Waals surface area (Å²) in [5.74, 6) is 2.14. The van der Waals surface area contributed by atoms with Crippen LogP contribution in [0.3, 0.4) is 0 Å². The molecule has 0 saturated carbocycles. The van der Waals surface area contributed by atoms with Crippen LogP contribution in [0.4, 0.5) is 0 Å². The average molecular weight is 317 g/mol. The molecule has 0 N–H and O–H groups in total. The van der Waals surface area contributed by atoms with Gasteiger partial charge in [-0.05, 0) is 31.4 Å². The Morgan fingerprint density at radius 1 is 1.22 bits per heavy atom. The van der Waals surface area contributed by atoms with Gasteiger partial charge in [0, 0.05) is 32.2 Å². The van der Waals surface area contributed by atoms with Crippen molar-refractivity contribution in [1.29, 1.82) is 0 Å². The van der Waals surface area contributed by atoms with E-state index in [4.69, 9.17) is 13.7 Å². The van der Waals surface area contributed by atoms with Crippen molar-refractivity contribution < 1.29 is 18.5 Å². The lowest BCUT2D eigenvalue weighted by Crippen LogP contribution is -2.28. The fourth-order valence-electron chi connectivity index (χ4n) is 3.24. The van der Waals surface area contributed by atoms with E-state index >= 15 is 0 Å². The second kappa shape index (κ2) is 6.16. The summed E-state index contributed by atoms with van der Waals surface area (Å²) < 4.78 is 16.0. The number of nitrogens with zero attached hydrogens (tertiary/aromatic N) is 3. The number of carbonyl (C=O) groups excluding carboxylic acids is 1. The molecule has 0 bridgehead atoms. The molecule has 4 heterocycles. The predicted molar refractivity (Wildman–Crippen MR) is 79.1 cm³/mol. The number of carbonyl (C=O) groups is 1. The fraction of sp³-hybridized carbons (Fsp3) is 0.562.